The van der Waals surface area contributed by atoms with Crippen LogP contribution >= 0.6 is 0 Å². The molecule has 0 aromatic carbocycles. The van der Waals surface area contributed by atoms with Gasteiger partial charge in [-0.2, -0.15) is 0 Å². The zero-order chi connectivity index (χ0) is 14.5. The normalized spacial score (nSPS) is 13.3. The van der Waals surface area contributed by atoms with E-state index in [4.69, 9.17) is 10.5 Å². The zero-order valence-electron chi connectivity index (χ0n) is 12.3. The second-order valence-corrected chi connectivity index (χ2v) is 5.80. The summed E-state index contributed by atoms with van der Waals surface area (Å²) in [6.45, 7) is 11.2. The molecule has 5 nitrogen and oxygen atoms in total. The summed E-state index contributed by atoms with van der Waals surface area (Å²) >= 11 is 0. The van der Waals surface area contributed by atoms with Crippen molar-refractivity contribution >= 4 is 12.0 Å². The van der Waals surface area contributed by atoms with E-state index in [9.17, 15) is 9.59 Å². The Morgan fingerprint density at radius 3 is 2.11 bits per heavy atom. The molecule has 2 N–H and O–H groups in total. The molecule has 0 spiro atoms. The first kappa shape index (κ1) is 16.9. The van der Waals surface area contributed by atoms with Crippen LogP contribution in [0.2, 0.25) is 0 Å². The van der Waals surface area contributed by atoms with Crippen LogP contribution in [0.5, 0.6) is 0 Å². The Kier molecular flexibility index (Phi) is 6.32. The SMILES string of the molecule is CCN(C(=O)OC(C)(C)C)C(=O)[C@@H](N)CC(C)C. The Bertz CT molecular complexity index is 295. The highest BCUT2D eigenvalue weighted by molar-refractivity contribution is 5.94. The van der Waals surface area contributed by atoms with E-state index in [0.29, 0.717) is 12.3 Å². The number of imide groups is 1. The summed E-state index contributed by atoms with van der Waals surface area (Å²) < 4.78 is 5.18. The van der Waals surface area contributed by atoms with E-state index in [-0.39, 0.29) is 12.5 Å². The highest BCUT2D eigenvalue weighted by atomic mass is 16.6. The predicted octanol–water partition coefficient (Wildman–Crippen LogP) is 2.14. The summed E-state index contributed by atoms with van der Waals surface area (Å²) in [7, 11) is 0. The fraction of sp³-hybridized carbons (Fsp3) is 0.846. The van der Waals surface area contributed by atoms with E-state index in [2.05, 4.69) is 0 Å². The van der Waals surface area contributed by atoms with Crippen molar-refractivity contribution in [2.75, 3.05) is 6.54 Å². The summed E-state index contributed by atoms with van der Waals surface area (Å²) in [5.74, 6) is -0.0678. The number of amides is 2. The van der Waals surface area contributed by atoms with E-state index in [1.807, 2.05) is 13.8 Å². The predicted molar refractivity (Wildman–Crippen MR) is 71.1 cm³/mol. The molecule has 0 unspecified atom stereocenters. The molecule has 0 aliphatic carbocycles. The lowest BCUT2D eigenvalue weighted by Crippen LogP contribution is -2.48. The highest BCUT2D eigenvalue weighted by Gasteiger charge is 2.29. The van der Waals surface area contributed by atoms with Crippen LogP contribution in [0.3, 0.4) is 0 Å². The Morgan fingerprint density at radius 2 is 1.78 bits per heavy atom. The average Bonchev–Trinajstić information content (AvgIpc) is 2.14. The van der Waals surface area contributed by atoms with Crippen LogP contribution in [0.15, 0.2) is 0 Å². The molecule has 0 bridgehead atoms. The van der Waals surface area contributed by atoms with Crippen LogP contribution in [0.25, 0.3) is 0 Å². The lowest BCUT2D eigenvalue weighted by atomic mass is 10.0. The van der Waals surface area contributed by atoms with Crippen molar-refractivity contribution in [3.05, 3.63) is 0 Å². The third kappa shape index (κ3) is 6.00. The van der Waals surface area contributed by atoms with Gasteiger partial charge in [0.25, 0.3) is 0 Å². The van der Waals surface area contributed by atoms with E-state index >= 15 is 0 Å². The van der Waals surface area contributed by atoms with Gasteiger partial charge in [-0.25, -0.2) is 9.69 Å². The first-order valence-corrected chi connectivity index (χ1v) is 6.38. The van der Waals surface area contributed by atoms with Gasteiger partial charge in [-0.3, -0.25) is 4.79 Å². The summed E-state index contributed by atoms with van der Waals surface area (Å²) in [6, 6.07) is -0.655. The van der Waals surface area contributed by atoms with E-state index < -0.39 is 17.7 Å². The molecule has 5 heteroatoms. The number of hydrogen-bond donors (Lipinski definition) is 1. The molecular weight excluding hydrogens is 232 g/mol. The lowest BCUT2D eigenvalue weighted by molar-refractivity contribution is -0.131. The molecule has 0 heterocycles. The van der Waals surface area contributed by atoms with Crippen LogP contribution in [0, 0.1) is 5.92 Å². The maximum atomic E-state index is 12.0. The zero-order valence-corrected chi connectivity index (χ0v) is 12.3. The van der Waals surface area contributed by atoms with Gasteiger partial charge in [-0.05, 0) is 40.0 Å². The lowest BCUT2D eigenvalue weighted by Gasteiger charge is -2.27. The number of rotatable bonds is 4. The number of ether oxygens (including phenoxy) is 1. The summed E-state index contributed by atoms with van der Waals surface area (Å²) in [6.07, 6.45) is -0.0767. The van der Waals surface area contributed by atoms with Crippen molar-refractivity contribution < 1.29 is 14.3 Å². The average molecular weight is 258 g/mol. The molecule has 18 heavy (non-hydrogen) atoms. The number of nitrogens with two attached hydrogens (primary N) is 1. The molecule has 106 valence electrons. The number of carbonyl (C=O) groups is 2. The van der Waals surface area contributed by atoms with Crippen LogP contribution < -0.4 is 5.73 Å². The van der Waals surface area contributed by atoms with E-state index in [1.54, 1.807) is 27.7 Å². The Hall–Kier alpha value is -1.10. The van der Waals surface area contributed by atoms with Crippen molar-refractivity contribution in [1.29, 1.82) is 0 Å². The fourth-order valence-corrected chi connectivity index (χ4v) is 1.50. The Morgan fingerprint density at radius 1 is 1.28 bits per heavy atom. The molecule has 0 aromatic heterocycles. The molecular formula is C13H26N2O3. The van der Waals surface area contributed by atoms with Gasteiger partial charge in [0, 0.05) is 6.54 Å². The minimum atomic E-state index is -0.655. The molecule has 0 saturated carbocycles. The van der Waals surface area contributed by atoms with Crippen LogP contribution in [0.1, 0.15) is 48.0 Å². The van der Waals surface area contributed by atoms with E-state index in [1.165, 1.54) is 0 Å². The molecule has 0 fully saturated rings. The van der Waals surface area contributed by atoms with Gasteiger partial charge in [-0.15, -0.1) is 0 Å². The quantitative estimate of drug-likeness (QED) is 0.838. The van der Waals surface area contributed by atoms with Gasteiger partial charge in [0.1, 0.15) is 5.60 Å². The van der Waals surface area contributed by atoms with Crippen LogP contribution in [0.4, 0.5) is 4.79 Å². The van der Waals surface area contributed by atoms with Crippen molar-refractivity contribution in [2.24, 2.45) is 11.7 Å². The number of hydrogen-bond acceptors (Lipinski definition) is 4. The molecule has 0 saturated heterocycles. The Balaban J connectivity index is 4.67. The van der Waals surface area contributed by atoms with E-state index in [0.717, 1.165) is 4.90 Å². The number of likely N-dealkylation sites (N-methyl/N-ethyl adjacent to an activating group) is 1. The van der Waals surface area contributed by atoms with Gasteiger partial charge in [0.2, 0.25) is 5.91 Å². The van der Waals surface area contributed by atoms with Crippen molar-refractivity contribution in [3.63, 3.8) is 0 Å². The van der Waals surface area contributed by atoms with Gasteiger partial charge in [0.05, 0.1) is 6.04 Å². The van der Waals surface area contributed by atoms with Crippen molar-refractivity contribution in [1.82, 2.24) is 4.90 Å². The maximum absolute atomic E-state index is 12.0. The largest absolute Gasteiger partial charge is 0.443 e. The smallest absolute Gasteiger partial charge is 0.417 e. The van der Waals surface area contributed by atoms with Crippen LogP contribution in [-0.4, -0.2) is 35.1 Å². The molecule has 0 radical (unpaired) electrons. The molecule has 0 rings (SSSR count). The maximum Gasteiger partial charge on any atom is 0.417 e. The van der Waals surface area contributed by atoms with Gasteiger partial charge in [0.15, 0.2) is 0 Å². The monoisotopic (exact) mass is 258 g/mol. The van der Waals surface area contributed by atoms with Crippen molar-refractivity contribution in [2.45, 2.75) is 59.6 Å². The Labute approximate surface area is 110 Å². The third-order valence-corrected chi connectivity index (χ3v) is 2.24. The first-order chi connectivity index (χ1) is 8.08. The molecule has 2 amide bonds. The molecule has 1 atom stereocenters. The highest BCUT2D eigenvalue weighted by Crippen LogP contribution is 2.12. The number of nitrogens with zero attached hydrogens (tertiary/aromatic N) is 1. The van der Waals surface area contributed by atoms with Gasteiger partial charge >= 0.3 is 6.09 Å². The molecule has 0 aliphatic rings. The topological polar surface area (TPSA) is 72.6 Å². The molecule has 0 aromatic rings. The number of carbonyl (C=O) groups excluding carboxylic acids is 2. The first-order valence-electron chi connectivity index (χ1n) is 6.38. The second-order valence-electron chi connectivity index (χ2n) is 5.80. The van der Waals surface area contributed by atoms with Crippen molar-refractivity contribution in [3.8, 4) is 0 Å². The second kappa shape index (κ2) is 6.73. The summed E-state index contributed by atoms with van der Waals surface area (Å²) in [4.78, 5) is 25.0. The third-order valence-electron chi connectivity index (χ3n) is 2.24. The molecule has 0 aliphatic heterocycles. The summed E-state index contributed by atoms with van der Waals surface area (Å²) in [5, 5.41) is 0. The van der Waals surface area contributed by atoms with Crippen LogP contribution in [-0.2, 0) is 9.53 Å². The van der Waals surface area contributed by atoms with Gasteiger partial charge in [-0.1, -0.05) is 13.8 Å². The van der Waals surface area contributed by atoms with Gasteiger partial charge < -0.3 is 10.5 Å². The summed E-state index contributed by atoms with van der Waals surface area (Å²) in [5.41, 5.74) is 5.18. The minimum Gasteiger partial charge on any atom is -0.443 e. The standard InChI is InChI=1S/C13H26N2O3/c1-7-15(12(17)18-13(4,5)6)11(16)10(14)8-9(2)3/h9-10H,7-8,14H2,1-6H3/t10-/m0/s1. The minimum absolute atomic E-state index is 0.263. The fourth-order valence-electron chi connectivity index (χ4n) is 1.50.